The highest BCUT2D eigenvalue weighted by Gasteiger charge is 2.22. The molecular formula is C18H20F2N2O. The van der Waals surface area contributed by atoms with Crippen molar-refractivity contribution in [1.29, 1.82) is 0 Å². The van der Waals surface area contributed by atoms with Crippen molar-refractivity contribution < 1.29 is 13.6 Å². The molecule has 1 atom stereocenters. The summed E-state index contributed by atoms with van der Waals surface area (Å²) in [5, 5.41) is 0. The number of likely N-dealkylation sites (N-methyl/N-ethyl adjacent to an activating group) is 1. The van der Waals surface area contributed by atoms with Gasteiger partial charge in [-0.2, -0.15) is 0 Å². The van der Waals surface area contributed by atoms with Crippen LogP contribution in [0.4, 0.5) is 8.78 Å². The smallest absolute Gasteiger partial charge is 0.254 e. The Morgan fingerprint density at radius 1 is 1.13 bits per heavy atom. The zero-order chi connectivity index (χ0) is 16.8. The molecule has 0 heterocycles. The Balaban J connectivity index is 2.19. The fourth-order valence-electron chi connectivity index (χ4n) is 2.56. The summed E-state index contributed by atoms with van der Waals surface area (Å²) in [4.78, 5) is 14.0. The third-order valence-corrected chi connectivity index (χ3v) is 3.79. The Morgan fingerprint density at radius 3 is 2.30 bits per heavy atom. The van der Waals surface area contributed by atoms with Crippen LogP contribution in [0.3, 0.4) is 0 Å². The van der Waals surface area contributed by atoms with E-state index in [0.29, 0.717) is 19.4 Å². The van der Waals surface area contributed by atoms with Crippen molar-refractivity contribution in [3.05, 3.63) is 71.3 Å². The number of nitrogens with zero attached hydrogens (tertiary/aromatic N) is 1. The van der Waals surface area contributed by atoms with Gasteiger partial charge < -0.3 is 10.6 Å². The summed E-state index contributed by atoms with van der Waals surface area (Å²) in [6.45, 7) is 0.423. The second-order valence-electron chi connectivity index (χ2n) is 5.50. The van der Waals surface area contributed by atoms with E-state index in [-0.39, 0.29) is 11.6 Å². The average Bonchev–Trinajstić information content (AvgIpc) is 2.53. The molecule has 0 aromatic heterocycles. The van der Waals surface area contributed by atoms with Gasteiger partial charge in [-0.15, -0.1) is 0 Å². The number of carbonyl (C=O) groups is 1. The molecule has 122 valence electrons. The monoisotopic (exact) mass is 318 g/mol. The Hall–Kier alpha value is -2.27. The first-order chi connectivity index (χ1) is 11.0. The molecule has 2 aromatic carbocycles. The van der Waals surface area contributed by atoms with Crippen molar-refractivity contribution in [3.63, 3.8) is 0 Å². The largest absolute Gasteiger partial charge is 0.338 e. The van der Waals surface area contributed by atoms with Gasteiger partial charge in [-0.25, -0.2) is 8.78 Å². The Labute approximate surface area is 134 Å². The zero-order valence-electron chi connectivity index (χ0n) is 13.0. The number of amides is 1. The first-order valence-corrected chi connectivity index (χ1v) is 7.48. The van der Waals surface area contributed by atoms with Crippen LogP contribution in [0, 0.1) is 11.6 Å². The van der Waals surface area contributed by atoms with E-state index in [1.165, 1.54) is 4.90 Å². The molecule has 0 saturated carbocycles. The minimum absolute atomic E-state index is 0.0000770. The van der Waals surface area contributed by atoms with Gasteiger partial charge in [0, 0.05) is 24.7 Å². The first kappa shape index (κ1) is 17.1. The van der Waals surface area contributed by atoms with Gasteiger partial charge in [0.15, 0.2) is 0 Å². The number of rotatable bonds is 6. The molecule has 3 nitrogen and oxygen atoms in total. The van der Waals surface area contributed by atoms with Gasteiger partial charge in [0.05, 0.1) is 0 Å². The molecule has 0 unspecified atom stereocenters. The topological polar surface area (TPSA) is 46.3 Å². The summed E-state index contributed by atoms with van der Waals surface area (Å²) in [5.41, 5.74) is 6.73. The molecular weight excluding hydrogens is 298 g/mol. The van der Waals surface area contributed by atoms with Crippen LogP contribution in [0.15, 0.2) is 48.5 Å². The lowest BCUT2D eigenvalue weighted by molar-refractivity contribution is 0.0724. The second-order valence-corrected chi connectivity index (χ2v) is 5.50. The molecule has 0 saturated heterocycles. The molecule has 23 heavy (non-hydrogen) atoms. The number of carbonyl (C=O) groups excluding carboxylic acids is 1. The van der Waals surface area contributed by atoms with Crippen LogP contribution >= 0.6 is 0 Å². The minimum Gasteiger partial charge on any atom is -0.338 e. The number of halogens is 2. The highest BCUT2D eigenvalue weighted by molar-refractivity contribution is 5.94. The fraction of sp³-hybridized carbons (Fsp3) is 0.278. The van der Waals surface area contributed by atoms with Gasteiger partial charge >= 0.3 is 0 Å². The van der Waals surface area contributed by atoms with Crippen LogP contribution in [-0.4, -0.2) is 30.4 Å². The van der Waals surface area contributed by atoms with Crippen molar-refractivity contribution in [3.8, 4) is 0 Å². The van der Waals surface area contributed by atoms with Crippen LogP contribution in [0.1, 0.15) is 22.3 Å². The van der Waals surface area contributed by atoms with Gasteiger partial charge in [-0.05, 0) is 37.1 Å². The number of hydrogen-bond donors (Lipinski definition) is 1. The van der Waals surface area contributed by atoms with Crippen molar-refractivity contribution in [1.82, 2.24) is 4.90 Å². The Morgan fingerprint density at radius 2 is 1.74 bits per heavy atom. The zero-order valence-corrected chi connectivity index (χ0v) is 13.0. The van der Waals surface area contributed by atoms with Gasteiger partial charge in [0.1, 0.15) is 11.6 Å². The third kappa shape index (κ3) is 4.60. The number of benzene rings is 2. The summed E-state index contributed by atoms with van der Waals surface area (Å²) < 4.78 is 26.6. The van der Waals surface area contributed by atoms with E-state index in [1.54, 1.807) is 7.05 Å². The van der Waals surface area contributed by atoms with Crippen molar-refractivity contribution in [2.24, 2.45) is 5.73 Å². The minimum atomic E-state index is -0.764. The molecule has 0 spiro atoms. The molecule has 0 aliphatic carbocycles. The first-order valence-electron chi connectivity index (χ1n) is 7.48. The predicted octanol–water partition coefficient (Wildman–Crippen LogP) is 3.00. The van der Waals surface area contributed by atoms with Gasteiger partial charge in [-0.3, -0.25) is 4.79 Å². The Kier molecular flexibility index (Phi) is 5.82. The van der Waals surface area contributed by atoms with Crippen molar-refractivity contribution >= 4 is 5.91 Å². The van der Waals surface area contributed by atoms with Crippen molar-refractivity contribution in [2.45, 2.75) is 18.9 Å². The van der Waals surface area contributed by atoms with Gasteiger partial charge in [-0.1, -0.05) is 30.3 Å². The summed E-state index contributed by atoms with van der Waals surface area (Å²) in [6.07, 6.45) is 1.24. The van der Waals surface area contributed by atoms with Gasteiger partial charge in [0.25, 0.3) is 5.91 Å². The van der Waals surface area contributed by atoms with Crippen LogP contribution < -0.4 is 5.73 Å². The molecule has 2 rings (SSSR count). The quantitative estimate of drug-likeness (QED) is 0.890. The predicted molar refractivity (Wildman–Crippen MR) is 86.1 cm³/mol. The molecule has 0 fully saturated rings. The highest BCUT2D eigenvalue weighted by Crippen LogP contribution is 2.16. The average molecular weight is 318 g/mol. The SMILES string of the molecule is CN(C(=O)c1cc(F)cc(F)c1)[C@H](CCN)Cc1ccccc1. The lowest BCUT2D eigenvalue weighted by atomic mass is 10.0. The van der Waals surface area contributed by atoms with E-state index in [1.807, 2.05) is 30.3 Å². The maximum Gasteiger partial charge on any atom is 0.254 e. The highest BCUT2D eigenvalue weighted by atomic mass is 19.1. The molecule has 5 heteroatoms. The molecule has 0 aliphatic heterocycles. The van der Waals surface area contributed by atoms with Crippen molar-refractivity contribution in [2.75, 3.05) is 13.6 Å². The Bertz CT molecular complexity index is 641. The maximum absolute atomic E-state index is 13.3. The normalized spacial score (nSPS) is 12.0. The van der Waals surface area contributed by atoms with E-state index in [2.05, 4.69) is 0 Å². The van der Waals surface area contributed by atoms with E-state index >= 15 is 0 Å². The molecule has 0 aliphatic rings. The maximum atomic E-state index is 13.3. The molecule has 0 radical (unpaired) electrons. The summed E-state index contributed by atoms with van der Waals surface area (Å²) in [5.74, 6) is -1.95. The van der Waals surface area contributed by atoms with Crippen LogP contribution in [0.5, 0.6) is 0 Å². The van der Waals surface area contributed by atoms with Crippen LogP contribution in [-0.2, 0) is 6.42 Å². The standard InChI is InChI=1S/C18H20F2N2O/c1-22(18(23)14-10-15(19)12-16(20)11-14)17(7-8-21)9-13-5-3-2-4-6-13/h2-6,10-12,17H,7-9,21H2,1H3/t17-/m1/s1. The van der Waals surface area contributed by atoms with E-state index in [0.717, 1.165) is 23.8 Å². The van der Waals surface area contributed by atoms with E-state index in [4.69, 9.17) is 5.73 Å². The molecule has 2 N–H and O–H groups in total. The third-order valence-electron chi connectivity index (χ3n) is 3.79. The van der Waals surface area contributed by atoms with E-state index in [9.17, 15) is 13.6 Å². The van der Waals surface area contributed by atoms with E-state index < -0.39 is 17.5 Å². The fourth-order valence-corrected chi connectivity index (χ4v) is 2.56. The van der Waals surface area contributed by atoms with Crippen LogP contribution in [0.2, 0.25) is 0 Å². The number of nitrogens with two attached hydrogens (primary N) is 1. The molecule has 2 aromatic rings. The molecule has 1 amide bonds. The van der Waals surface area contributed by atoms with Gasteiger partial charge in [0.2, 0.25) is 0 Å². The summed E-state index contributed by atoms with van der Waals surface area (Å²) >= 11 is 0. The lowest BCUT2D eigenvalue weighted by Crippen LogP contribution is -2.40. The molecule has 0 bridgehead atoms. The second kappa shape index (κ2) is 7.83. The summed E-state index contributed by atoms with van der Waals surface area (Å²) in [7, 11) is 1.63. The lowest BCUT2D eigenvalue weighted by Gasteiger charge is -2.28. The van der Waals surface area contributed by atoms with Crippen LogP contribution in [0.25, 0.3) is 0 Å². The summed E-state index contributed by atoms with van der Waals surface area (Å²) in [6, 6.07) is 12.4. The number of hydrogen-bond acceptors (Lipinski definition) is 2.